The van der Waals surface area contributed by atoms with Crippen molar-refractivity contribution in [3.05, 3.63) is 28.7 Å². The maximum atomic E-state index is 12.5. The van der Waals surface area contributed by atoms with Crippen molar-refractivity contribution in [1.29, 1.82) is 0 Å². The number of nitrogens with zero attached hydrogens (tertiary/aromatic N) is 1. The van der Waals surface area contributed by atoms with Gasteiger partial charge >= 0.3 is 0 Å². The number of carbonyl (C=O) groups excluding carboxylic acids is 2. The summed E-state index contributed by atoms with van der Waals surface area (Å²) in [6, 6.07) is 7.40. The van der Waals surface area contributed by atoms with Gasteiger partial charge in [0.05, 0.1) is 18.9 Å². The smallest absolute Gasteiger partial charge is 0.240 e. The number of nitrogens with one attached hydrogen (secondary N) is 2. The van der Waals surface area contributed by atoms with Crippen molar-refractivity contribution in [3.8, 4) is 0 Å². The molecule has 130 valence electrons. The van der Waals surface area contributed by atoms with Gasteiger partial charge in [0.15, 0.2) is 0 Å². The Labute approximate surface area is 150 Å². The zero-order valence-corrected chi connectivity index (χ0v) is 15.1. The maximum Gasteiger partial charge on any atom is 0.240 e. The molecule has 2 amide bonds. The number of amides is 2. The lowest BCUT2D eigenvalue weighted by Crippen LogP contribution is -2.45. The fraction of sp³-hybridized carbons (Fsp3) is 0.529. The van der Waals surface area contributed by atoms with Crippen molar-refractivity contribution in [2.45, 2.75) is 12.8 Å². The number of hydrogen-bond acceptors (Lipinski definition) is 4. The SMILES string of the molecule is O=C(NCCN1CCOCC1)C1(C(=O)Nc2ccccc2Br)CC1. The predicted octanol–water partition coefficient (Wildman–Crippen LogP) is 1.62. The number of hydrogen-bond donors (Lipinski definition) is 2. The summed E-state index contributed by atoms with van der Waals surface area (Å²) in [5.41, 5.74) is -0.213. The highest BCUT2D eigenvalue weighted by Crippen LogP contribution is 2.47. The molecular formula is C17H22BrN3O3. The molecule has 1 saturated carbocycles. The van der Waals surface area contributed by atoms with Crippen molar-refractivity contribution >= 4 is 33.4 Å². The van der Waals surface area contributed by atoms with Crippen LogP contribution in [0.5, 0.6) is 0 Å². The second kappa shape index (κ2) is 7.63. The molecule has 1 aliphatic carbocycles. The lowest BCUT2D eigenvalue weighted by atomic mass is 10.1. The van der Waals surface area contributed by atoms with E-state index in [9.17, 15) is 9.59 Å². The predicted molar refractivity (Wildman–Crippen MR) is 94.7 cm³/mol. The molecule has 0 unspecified atom stereocenters. The van der Waals surface area contributed by atoms with Gasteiger partial charge in [-0.2, -0.15) is 0 Å². The van der Waals surface area contributed by atoms with Crippen LogP contribution in [0.4, 0.5) is 5.69 Å². The molecule has 1 aromatic carbocycles. The first-order valence-corrected chi connectivity index (χ1v) is 9.05. The summed E-state index contributed by atoms with van der Waals surface area (Å²) in [5, 5.41) is 5.78. The van der Waals surface area contributed by atoms with E-state index in [0.29, 0.717) is 25.1 Å². The Morgan fingerprint density at radius 2 is 1.88 bits per heavy atom. The van der Waals surface area contributed by atoms with Crippen LogP contribution >= 0.6 is 15.9 Å². The summed E-state index contributed by atoms with van der Waals surface area (Å²) in [7, 11) is 0. The van der Waals surface area contributed by atoms with Gasteiger partial charge in [0, 0.05) is 30.7 Å². The number of halogens is 1. The molecule has 2 aliphatic rings. The molecule has 1 saturated heterocycles. The number of rotatable bonds is 6. The number of carbonyl (C=O) groups is 2. The molecule has 7 heteroatoms. The van der Waals surface area contributed by atoms with Crippen molar-refractivity contribution in [3.63, 3.8) is 0 Å². The zero-order valence-electron chi connectivity index (χ0n) is 13.5. The van der Waals surface area contributed by atoms with Gasteiger partial charge in [-0.1, -0.05) is 12.1 Å². The summed E-state index contributed by atoms with van der Waals surface area (Å²) in [5.74, 6) is -0.390. The lowest BCUT2D eigenvalue weighted by Gasteiger charge is -2.26. The van der Waals surface area contributed by atoms with Gasteiger partial charge in [-0.05, 0) is 40.9 Å². The van der Waals surface area contributed by atoms with Crippen LogP contribution < -0.4 is 10.6 Å². The molecule has 2 N–H and O–H groups in total. The third kappa shape index (κ3) is 3.96. The van der Waals surface area contributed by atoms with Gasteiger partial charge in [0.25, 0.3) is 0 Å². The first-order chi connectivity index (χ1) is 11.6. The first kappa shape index (κ1) is 17.4. The summed E-state index contributed by atoms with van der Waals surface area (Å²) in [6.07, 6.45) is 1.21. The monoisotopic (exact) mass is 395 g/mol. The fourth-order valence-electron chi connectivity index (χ4n) is 2.81. The molecule has 0 spiro atoms. The average molecular weight is 396 g/mol. The van der Waals surface area contributed by atoms with Crippen molar-refractivity contribution in [2.75, 3.05) is 44.7 Å². The number of morpholine rings is 1. The van der Waals surface area contributed by atoms with E-state index < -0.39 is 5.41 Å². The van der Waals surface area contributed by atoms with Crippen LogP contribution in [0.1, 0.15) is 12.8 Å². The molecule has 24 heavy (non-hydrogen) atoms. The molecule has 1 aliphatic heterocycles. The average Bonchev–Trinajstić information content (AvgIpc) is 3.40. The zero-order chi connectivity index (χ0) is 17.0. The van der Waals surface area contributed by atoms with Crippen LogP contribution in [-0.2, 0) is 14.3 Å². The Hall–Kier alpha value is -1.44. The molecule has 6 nitrogen and oxygen atoms in total. The quantitative estimate of drug-likeness (QED) is 0.717. The molecule has 3 rings (SSSR count). The number of para-hydroxylation sites is 1. The van der Waals surface area contributed by atoms with Crippen LogP contribution in [0.2, 0.25) is 0 Å². The molecule has 1 heterocycles. The second-order valence-corrected chi connectivity index (χ2v) is 7.08. The Balaban J connectivity index is 1.50. The van der Waals surface area contributed by atoms with E-state index >= 15 is 0 Å². The molecule has 0 radical (unpaired) electrons. The summed E-state index contributed by atoms with van der Waals surface area (Å²) >= 11 is 3.40. The summed E-state index contributed by atoms with van der Waals surface area (Å²) in [4.78, 5) is 27.2. The minimum absolute atomic E-state index is 0.166. The molecule has 2 fully saturated rings. The number of benzene rings is 1. The Bertz CT molecular complexity index is 613. The Kier molecular flexibility index (Phi) is 5.53. The van der Waals surface area contributed by atoms with Gasteiger partial charge < -0.3 is 15.4 Å². The van der Waals surface area contributed by atoms with Gasteiger partial charge in [0.2, 0.25) is 11.8 Å². The lowest BCUT2D eigenvalue weighted by molar-refractivity contribution is -0.134. The van der Waals surface area contributed by atoms with Crippen LogP contribution in [-0.4, -0.2) is 56.1 Å². The highest BCUT2D eigenvalue weighted by molar-refractivity contribution is 9.10. The second-order valence-electron chi connectivity index (χ2n) is 6.23. The van der Waals surface area contributed by atoms with Crippen LogP contribution in [0.25, 0.3) is 0 Å². The van der Waals surface area contributed by atoms with Crippen molar-refractivity contribution in [2.24, 2.45) is 5.41 Å². The molecule has 1 aromatic rings. The van der Waals surface area contributed by atoms with E-state index in [1.54, 1.807) is 0 Å². The van der Waals surface area contributed by atoms with E-state index in [1.165, 1.54) is 0 Å². The Morgan fingerprint density at radius 3 is 2.54 bits per heavy atom. The normalized spacial score (nSPS) is 19.5. The van der Waals surface area contributed by atoms with Gasteiger partial charge in [-0.3, -0.25) is 14.5 Å². The van der Waals surface area contributed by atoms with Crippen LogP contribution in [0.15, 0.2) is 28.7 Å². The highest BCUT2D eigenvalue weighted by atomic mass is 79.9. The van der Waals surface area contributed by atoms with Crippen molar-refractivity contribution < 1.29 is 14.3 Å². The number of anilines is 1. The Morgan fingerprint density at radius 1 is 1.17 bits per heavy atom. The highest BCUT2D eigenvalue weighted by Gasteiger charge is 2.56. The summed E-state index contributed by atoms with van der Waals surface area (Å²) < 4.78 is 6.11. The molecule has 0 atom stereocenters. The van der Waals surface area contributed by atoms with Crippen LogP contribution in [0.3, 0.4) is 0 Å². The van der Waals surface area contributed by atoms with Gasteiger partial charge in [-0.15, -0.1) is 0 Å². The standard InChI is InChI=1S/C17H22BrN3O3/c18-13-3-1-2-4-14(13)20-16(23)17(5-6-17)15(22)19-7-8-21-9-11-24-12-10-21/h1-4H,5-12H2,(H,19,22)(H,20,23). The molecule has 0 aromatic heterocycles. The van der Waals surface area contributed by atoms with E-state index in [-0.39, 0.29) is 11.8 Å². The molecule has 0 bridgehead atoms. The fourth-order valence-corrected chi connectivity index (χ4v) is 3.19. The van der Waals surface area contributed by atoms with E-state index in [2.05, 4.69) is 31.5 Å². The largest absolute Gasteiger partial charge is 0.379 e. The third-order valence-corrected chi connectivity index (χ3v) is 5.25. The summed E-state index contributed by atoms with van der Waals surface area (Å²) in [6.45, 7) is 4.62. The minimum atomic E-state index is -0.902. The third-order valence-electron chi connectivity index (χ3n) is 4.56. The van der Waals surface area contributed by atoms with E-state index in [4.69, 9.17) is 4.74 Å². The minimum Gasteiger partial charge on any atom is -0.379 e. The first-order valence-electron chi connectivity index (χ1n) is 8.26. The maximum absolute atomic E-state index is 12.5. The molecular weight excluding hydrogens is 374 g/mol. The van der Waals surface area contributed by atoms with Crippen LogP contribution in [0, 0.1) is 5.41 Å². The van der Waals surface area contributed by atoms with E-state index in [1.807, 2.05) is 24.3 Å². The number of ether oxygens (including phenoxy) is 1. The topological polar surface area (TPSA) is 70.7 Å². The van der Waals surface area contributed by atoms with Gasteiger partial charge in [-0.25, -0.2) is 0 Å². The van der Waals surface area contributed by atoms with Gasteiger partial charge in [0.1, 0.15) is 5.41 Å². The van der Waals surface area contributed by atoms with E-state index in [0.717, 1.165) is 37.3 Å². The van der Waals surface area contributed by atoms with Crippen molar-refractivity contribution in [1.82, 2.24) is 10.2 Å².